The van der Waals surface area contributed by atoms with Gasteiger partial charge in [-0.2, -0.15) is 0 Å². The summed E-state index contributed by atoms with van der Waals surface area (Å²) in [7, 11) is 0. The molecule has 0 N–H and O–H groups in total. The lowest BCUT2D eigenvalue weighted by molar-refractivity contribution is 0.0497. The number of unbranched alkanes of at least 4 members (excludes halogenated alkanes) is 5. The Labute approximate surface area is 212 Å². The topological polar surface area (TPSA) is 43.4 Å². The Morgan fingerprint density at radius 1 is 0.800 bits per heavy atom. The van der Waals surface area contributed by atoms with E-state index in [9.17, 15) is 9.59 Å². The van der Waals surface area contributed by atoms with Crippen molar-refractivity contribution < 1.29 is 14.3 Å². The van der Waals surface area contributed by atoms with Crippen molar-refractivity contribution >= 4 is 17.8 Å². The Morgan fingerprint density at radius 3 is 2.09 bits per heavy atom. The standard InChI is InChI=1S/C32H42O3/c1-6-7-8-9-10-11-22-35-30(34)25-15-12-24(13-16-25)14-19-29(33)26-17-18-27-28(23-26)32(4,5)21-20-31(27,2)3/h12-19,23H,6-11,20-22H2,1-5H3/b19-14+. The van der Waals surface area contributed by atoms with E-state index in [1.807, 2.05) is 24.3 Å². The maximum absolute atomic E-state index is 12.9. The highest BCUT2D eigenvalue weighted by Gasteiger charge is 2.37. The van der Waals surface area contributed by atoms with Crippen molar-refractivity contribution in [1.82, 2.24) is 0 Å². The van der Waals surface area contributed by atoms with Gasteiger partial charge in [0, 0.05) is 5.56 Å². The fourth-order valence-corrected chi connectivity index (χ4v) is 4.87. The van der Waals surface area contributed by atoms with Crippen LogP contribution in [0.25, 0.3) is 6.08 Å². The third-order valence-electron chi connectivity index (χ3n) is 7.44. The van der Waals surface area contributed by atoms with Gasteiger partial charge in [0.1, 0.15) is 0 Å². The van der Waals surface area contributed by atoms with E-state index in [1.165, 1.54) is 36.8 Å². The molecule has 0 atom stereocenters. The van der Waals surface area contributed by atoms with Gasteiger partial charge in [0.05, 0.1) is 12.2 Å². The minimum atomic E-state index is -0.287. The number of ketones is 1. The summed E-state index contributed by atoms with van der Waals surface area (Å²) in [6.07, 6.45) is 12.7. The fourth-order valence-electron chi connectivity index (χ4n) is 4.87. The Bertz CT molecular complexity index is 1040. The molecule has 2 aromatic rings. The molecule has 0 bridgehead atoms. The number of carbonyl (C=O) groups is 2. The number of fused-ring (bicyclic) bond motifs is 1. The zero-order valence-corrected chi connectivity index (χ0v) is 22.3. The Balaban J connectivity index is 1.57. The summed E-state index contributed by atoms with van der Waals surface area (Å²) in [6.45, 7) is 11.8. The van der Waals surface area contributed by atoms with Gasteiger partial charge in [0.25, 0.3) is 0 Å². The summed E-state index contributed by atoms with van der Waals surface area (Å²) in [4.78, 5) is 25.2. The van der Waals surface area contributed by atoms with Crippen LogP contribution in [0.2, 0.25) is 0 Å². The second-order valence-corrected chi connectivity index (χ2v) is 11.3. The summed E-state index contributed by atoms with van der Waals surface area (Å²) in [6, 6.07) is 13.4. The summed E-state index contributed by atoms with van der Waals surface area (Å²) in [5.41, 5.74) is 5.00. The zero-order valence-electron chi connectivity index (χ0n) is 22.3. The van der Waals surface area contributed by atoms with Crippen LogP contribution in [0.1, 0.15) is 123 Å². The summed E-state index contributed by atoms with van der Waals surface area (Å²) in [5, 5.41) is 0. The fraction of sp³-hybridized carbons (Fsp3) is 0.500. The molecule has 0 fully saturated rings. The number of hydrogen-bond donors (Lipinski definition) is 0. The Morgan fingerprint density at radius 2 is 1.40 bits per heavy atom. The van der Waals surface area contributed by atoms with Crippen LogP contribution in [-0.4, -0.2) is 18.4 Å². The molecule has 0 heterocycles. The van der Waals surface area contributed by atoms with Gasteiger partial charge in [0.2, 0.25) is 0 Å². The van der Waals surface area contributed by atoms with Gasteiger partial charge in [-0.15, -0.1) is 0 Å². The molecule has 35 heavy (non-hydrogen) atoms. The van der Waals surface area contributed by atoms with Gasteiger partial charge in [-0.1, -0.05) is 97.1 Å². The van der Waals surface area contributed by atoms with Crippen LogP contribution >= 0.6 is 0 Å². The minimum absolute atomic E-state index is 0.00518. The number of rotatable bonds is 11. The average Bonchev–Trinajstić information content (AvgIpc) is 2.85. The molecule has 1 aliphatic carbocycles. The molecular formula is C32H42O3. The van der Waals surface area contributed by atoms with Gasteiger partial charge in [-0.05, 0) is 71.1 Å². The number of ether oxygens (including phenoxy) is 1. The van der Waals surface area contributed by atoms with Crippen LogP contribution in [0.3, 0.4) is 0 Å². The second-order valence-electron chi connectivity index (χ2n) is 11.3. The van der Waals surface area contributed by atoms with Crippen LogP contribution in [0.4, 0.5) is 0 Å². The lowest BCUT2D eigenvalue weighted by Crippen LogP contribution is -2.34. The van der Waals surface area contributed by atoms with E-state index < -0.39 is 0 Å². The van der Waals surface area contributed by atoms with E-state index in [1.54, 1.807) is 18.2 Å². The molecule has 0 amide bonds. The van der Waals surface area contributed by atoms with Gasteiger partial charge in [-0.3, -0.25) is 4.79 Å². The van der Waals surface area contributed by atoms with E-state index in [-0.39, 0.29) is 22.6 Å². The van der Waals surface area contributed by atoms with Gasteiger partial charge in [-0.25, -0.2) is 4.79 Å². The number of allylic oxidation sites excluding steroid dienone is 1. The molecule has 0 aromatic heterocycles. The molecule has 0 radical (unpaired) electrons. The molecule has 0 saturated heterocycles. The van der Waals surface area contributed by atoms with Crippen molar-refractivity contribution in [3.05, 3.63) is 76.4 Å². The molecular weight excluding hydrogens is 432 g/mol. The highest BCUT2D eigenvalue weighted by Crippen LogP contribution is 2.45. The smallest absolute Gasteiger partial charge is 0.338 e. The second kappa shape index (κ2) is 11.8. The predicted molar refractivity (Wildman–Crippen MR) is 145 cm³/mol. The average molecular weight is 475 g/mol. The Kier molecular flexibility index (Phi) is 9.10. The molecule has 0 saturated carbocycles. The zero-order chi connectivity index (χ0) is 25.5. The van der Waals surface area contributed by atoms with Crippen LogP contribution in [-0.2, 0) is 15.6 Å². The van der Waals surface area contributed by atoms with Gasteiger partial charge in [0.15, 0.2) is 5.78 Å². The van der Waals surface area contributed by atoms with Crippen molar-refractivity contribution in [2.75, 3.05) is 6.61 Å². The minimum Gasteiger partial charge on any atom is -0.462 e. The summed E-state index contributed by atoms with van der Waals surface area (Å²) in [5.74, 6) is -0.292. The van der Waals surface area contributed by atoms with Crippen LogP contribution < -0.4 is 0 Å². The molecule has 2 aromatic carbocycles. The number of carbonyl (C=O) groups excluding carboxylic acids is 2. The Hall–Kier alpha value is -2.68. The molecule has 0 spiro atoms. The largest absolute Gasteiger partial charge is 0.462 e. The first kappa shape index (κ1) is 26.9. The first-order valence-corrected chi connectivity index (χ1v) is 13.3. The van der Waals surface area contributed by atoms with Gasteiger partial charge < -0.3 is 4.74 Å². The van der Waals surface area contributed by atoms with E-state index in [4.69, 9.17) is 4.74 Å². The normalized spacial score (nSPS) is 16.1. The first-order valence-electron chi connectivity index (χ1n) is 13.3. The highest BCUT2D eigenvalue weighted by atomic mass is 16.5. The van der Waals surface area contributed by atoms with Crippen molar-refractivity contribution in [3.8, 4) is 0 Å². The number of esters is 1. The SMILES string of the molecule is CCCCCCCCOC(=O)c1ccc(/C=C/C(=O)c2ccc3c(c2)C(C)(C)CCC3(C)C)cc1. The number of hydrogen-bond acceptors (Lipinski definition) is 3. The number of benzene rings is 2. The third kappa shape index (κ3) is 7.16. The van der Waals surface area contributed by atoms with Crippen molar-refractivity contribution in [3.63, 3.8) is 0 Å². The monoisotopic (exact) mass is 474 g/mol. The molecule has 3 nitrogen and oxygen atoms in total. The lowest BCUT2D eigenvalue weighted by atomic mass is 9.63. The molecule has 0 unspecified atom stereocenters. The summed E-state index contributed by atoms with van der Waals surface area (Å²) < 4.78 is 5.40. The van der Waals surface area contributed by atoms with Crippen LogP contribution in [0.15, 0.2) is 48.5 Å². The van der Waals surface area contributed by atoms with E-state index in [0.717, 1.165) is 36.8 Å². The van der Waals surface area contributed by atoms with Gasteiger partial charge >= 0.3 is 5.97 Å². The molecule has 0 aliphatic heterocycles. The maximum atomic E-state index is 12.9. The van der Waals surface area contributed by atoms with E-state index in [0.29, 0.717) is 12.2 Å². The molecule has 1 aliphatic rings. The van der Waals surface area contributed by atoms with Crippen LogP contribution in [0.5, 0.6) is 0 Å². The lowest BCUT2D eigenvalue weighted by Gasteiger charge is -2.42. The van der Waals surface area contributed by atoms with Crippen molar-refractivity contribution in [2.45, 2.75) is 96.8 Å². The van der Waals surface area contributed by atoms with Crippen molar-refractivity contribution in [2.24, 2.45) is 0 Å². The van der Waals surface area contributed by atoms with E-state index >= 15 is 0 Å². The maximum Gasteiger partial charge on any atom is 0.338 e. The third-order valence-corrected chi connectivity index (χ3v) is 7.44. The molecule has 3 heteroatoms. The molecule has 188 valence electrons. The summed E-state index contributed by atoms with van der Waals surface area (Å²) >= 11 is 0. The van der Waals surface area contributed by atoms with Crippen LogP contribution in [0, 0.1) is 0 Å². The predicted octanol–water partition coefficient (Wildman–Crippen LogP) is 8.45. The van der Waals surface area contributed by atoms with Crippen molar-refractivity contribution in [1.29, 1.82) is 0 Å². The van der Waals surface area contributed by atoms with E-state index in [2.05, 4.69) is 46.8 Å². The highest BCUT2D eigenvalue weighted by molar-refractivity contribution is 6.07. The molecule has 3 rings (SSSR count). The first-order chi connectivity index (χ1) is 16.6. The quantitative estimate of drug-likeness (QED) is 0.142.